The molecule has 4 unspecified atom stereocenters. The van der Waals surface area contributed by atoms with Crippen LogP contribution in [0.15, 0.2) is 24.3 Å². The summed E-state index contributed by atoms with van der Waals surface area (Å²) in [7, 11) is 3.27. The molecule has 2 heterocycles. The molecule has 9 heteroatoms. The molecule has 2 fully saturated rings. The number of fused-ring (bicyclic) bond motifs is 1. The van der Waals surface area contributed by atoms with E-state index in [4.69, 9.17) is 0 Å². The standard InChI is InChI=1S/C24H35N5O4/c1-15(25-2)21(30)28-19-10-5-4-9-18-11-12-20(29(18)24(19)33)23(32)27-14-16-7-6-8-17(13-16)22(31)26-3/h6-8,13,15,18-20,25H,4-5,9-12,14H2,1-3H3,(H,26,31)(H,27,32)(H,28,30). The zero-order valence-electron chi connectivity index (χ0n) is 19.6. The first-order valence-electron chi connectivity index (χ1n) is 11.7. The predicted molar refractivity (Wildman–Crippen MR) is 124 cm³/mol. The summed E-state index contributed by atoms with van der Waals surface area (Å²) >= 11 is 0. The first-order valence-corrected chi connectivity index (χ1v) is 11.7. The van der Waals surface area contributed by atoms with Gasteiger partial charge in [0, 0.05) is 25.2 Å². The number of nitrogens with one attached hydrogen (secondary N) is 4. The lowest BCUT2D eigenvalue weighted by Crippen LogP contribution is -2.57. The van der Waals surface area contributed by atoms with Crippen LogP contribution in [0.3, 0.4) is 0 Å². The van der Waals surface area contributed by atoms with Crippen molar-refractivity contribution in [3.05, 3.63) is 35.4 Å². The highest BCUT2D eigenvalue weighted by Crippen LogP contribution is 2.31. The number of carbonyl (C=O) groups excluding carboxylic acids is 4. The van der Waals surface area contributed by atoms with Gasteiger partial charge in [-0.1, -0.05) is 25.0 Å². The van der Waals surface area contributed by atoms with Crippen molar-refractivity contribution in [3.63, 3.8) is 0 Å². The number of benzene rings is 1. The lowest BCUT2D eigenvalue weighted by molar-refractivity contribution is -0.144. The topological polar surface area (TPSA) is 120 Å². The fraction of sp³-hybridized carbons (Fsp3) is 0.583. The van der Waals surface area contributed by atoms with Crippen LogP contribution in [0, 0.1) is 0 Å². The number of carbonyl (C=O) groups is 4. The Morgan fingerprint density at radius 3 is 2.58 bits per heavy atom. The lowest BCUT2D eigenvalue weighted by Gasteiger charge is -2.35. The molecule has 4 amide bonds. The van der Waals surface area contributed by atoms with E-state index in [2.05, 4.69) is 21.3 Å². The van der Waals surface area contributed by atoms with Crippen molar-refractivity contribution in [1.82, 2.24) is 26.2 Å². The second kappa shape index (κ2) is 11.3. The summed E-state index contributed by atoms with van der Waals surface area (Å²) < 4.78 is 0. The first kappa shape index (κ1) is 24.7. The van der Waals surface area contributed by atoms with E-state index in [1.807, 2.05) is 6.07 Å². The number of nitrogens with zero attached hydrogens (tertiary/aromatic N) is 1. The molecule has 4 N–H and O–H groups in total. The molecule has 33 heavy (non-hydrogen) atoms. The summed E-state index contributed by atoms with van der Waals surface area (Å²) in [6.07, 6.45) is 4.66. The maximum atomic E-state index is 13.4. The summed E-state index contributed by atoms with van der Waals surface area (Å²) in [4.78, 5) is 52.5. The van der Waals surface area contributed by atoms with Gasteiger partial charge in [-0.3, -0.25) is 19.2 Å². The van der Waals surface area contributed by atoms with Gasteiger partial charge < -0.3 is 26.2 Å². The van der Waals surface area contributed by atoms with E-state index in [9.17, 15) is 19.2 Å². The van der Waals surface area contributed by atoms with E-state index in [1.165, 1.54) is 0 Å². The van der Waals surface area contributed by atoms with Crippen LogP contribution in [0.2, 0.25) is 0 Å². The summed E-state index contributed by atoms with van der Waals surface area (Å²) in [5.41, 5.74) is 1.34. The minimum atomic E-state index is -0.617. The Hall–Kier alpha value is -2.94. The zero-order valence-corrected chi connectivity index (χ0v) is 19.6. The monoisotopic (exact) mass is 457 g/mol. The Balaban J connectivity index is 1.68. The van der Waals surface area contributed by atoms with Crippen molar-refractivity contribution < 1.29 is 19.2 Å². The highest BCUT2D eigenvalue weighted by atomic mass is 16.2. The summed E-state index contributed by atoms with van der Waals surface area (Å²) in [6, 6.07) is 5.53. The van der Waals surface area contributed by atoms with Gasteiger partial charge in [0.05, 0.1) is 6.04 Å². The summed E-state index contributed by atoms with van der Waals surface area (Å²) in [5.74, 6) is -0.779. The largest absolute Gasteiger partial charge is 0.355 e. The van der Waals surface area contributed by atoms with Crippen LogP contribution in [0.25, 0.3) is 0 Å². The van der Waals surface area contributed by atoms with Crippen LogP contribution < -0.4 is 21.3 Å². The smallest absolute Gasteiger partial charge is 0.251 e. The number of hydrogen-bond donors (Lipinski definition) is 4. The molecule has 2 saturated heterocycles. The third-order valence-corrected chi connectivity index (χ3v) is 6.66. The van der Waals surface area contributed by atoms with Gasteiger partial charge >= 0.3 is 0 Å². The number of likely N-dealkylation sites (N-methyl/N-ethyl adjacent to an activating group) is 1. The quantitative estimate of drug-likeness (QED) is 0.480. The average Bonchev–Trinajstić information content (AvgIpc) is 3.25. The van der Waals surface area contributed by atoms with Gasteiger partial charge in [-0.05, 0) is 57.4 Å². The highest BCUT2D eigenvalue weighted by molar-refractivity contribution is 5.95. The van der Waals surface area contributed by atoms with E-state index in [0.29, 0.717) is 18.4 Å². The van der Waals surface area contributed by atoms with E-state index in [-0.39, 0.29) is 36.2 Å². The first-order chi connectivity index (χ1) is 15.8. The van der Waals surface area contributed by atoms with Gasteiger partial charge in [0.2, 0.25) is 17.7 Å². The molecule has 4 atom stereocenters. The van der Waals surface area contributed by atoms with Gasteiger partial charge in [0.1, 0.15) is 12.1 Å². The molecule has 3 rings (SSSR count). The molecule has 1 aromatic carbocycles. The van der Waals surface area contributed by atoms with E-state index >= 15 is 0 Å². The fourth-order valence-corrected chi connectivity index (χ4v) is 4.62. The molecule has 2 aliphatic heterocycles. The Bertz CT molecular complexity index is 889. The molecule has 9 nitrogen and oxygen atoms in total. The third-order valence-electron chi connectivity index (χ3n) is 6.66. The van der Waals surface area contributed by atoms with Gasteiger partial charge in [-0.15, -0.1) is 0 Å². The maximum Gasteiger partial charge on any atom is 0.251 e. The molecule has 1 aromatic rings. The van der Waals surface area contributed by atoms with Crippen LogP contribution in [0.4, 0.5) is 0 Å². The third kappa shape index (κ3) is 5.90. The van der Waals surface area contributed by atoms with Crippen LogP contribution in [0.1, 0.15) is 61.4 Å². The van der Waals surface area contributed by atoms with Gasteiger partial charge in [-0.2, -0.15) is 0 Å². The predicted octanol–water partition coefficient (Wildman–Crippen LogP) is 0.689. The molecule has 0 spiro atoms. The molecular weight excluding hydrogens is 422 g/mol. The van der Waals surface area contributed by atoms with Crippen molar-refractivity contribution in [3.8, 4) is 0 Å². The number of amides is 4. The lowest BCUT2D eigenvalue weighted by atomic mass is 9.98. The molecular formula is C24H35N5O4. The van der Waals surface area contributed by atoms with Crippen molar-refractivity contribution in [1.29, 1.82) is 0 Å². The molecule has 0 bridgehead atoms. The van der Waals surface area contributed by atoms with Crippen molar-refractivity contribution >= 4 is 23.6 Å². The summed E-state index contributed by atoms with van der Waals surface area (Å²) in [6.45, 7) is 2.02. The van der Waals surface area contributed by atoms with Crippen LogP contribution in [0.5, 0.6) is 0 Å². The minimum Gasteiger partial charge on any atom is -0.355 e. The second-order valence-corrected chi connectivity index (χ2v) is 8.85. The molecule has 180 valence electrons. The van der Waals surface area contributed by atoms with Gasteiger partial charge in [0.15, 0.2) is 0 Å². The SMILES string of the molecule is CNC(=O)c1cccc(CNC(=O)C2CCC3CCCCC(NC(=O)C(C)NC)C(=O)N32)c1. The van der Waals surface area contributed by atoms with Gasteiger partial charge in [0.25, 0.3) is 5.91 Å². The Morgan fingerprint density at radius 2 is 1.85 bits per heavy atom. The van der Waals surface area contributed by atoms with E-state index in [0.717, 1.165) is 31.2 Å². The Labute approximate surface area is 195 Å². The zero-order chi connectivity index (χ0) is 24.0. The average molecular weight is 458 g/mol. The van der Waals surface area contributed by atoms with E-state index < -0.39 is 18.1 Å². The van der Waals surface area contributed by atoms with Crippen LogP contribution in [-0.2, 0) is 20.9 Å². The molecule has 0 saturated carbocycles. The Morgan fingerprint density at radius 1 is 1.09 bits per heavy atom. The molecule has 0 aromatic heterocycles. The maximum absolute atomic E-state index is 13.4. The number of hydrogen-bond acceptors (Lipinski definition) is 5. The molecule has 0 radical (unpaired) electrons. The number of rotatable bonds is 7. The summed E-state index contributed by atoms with van der Waals surface area (Å²) in [5, 5.41) is 11.3. The highest BCUT2D eigenvalue weighted by Gasteiger charge is 2.43. The normalized spacial score (nSPS) is 23.7. The molecule has 0 aliphatic carbocycles. The second-order valence-electron chi connectivity index (χ2n) is 8.85. The fourth-order valence-electron chi connectivity index (χ4n) is 4.62. The van der Waals surface area contributed by atoms with Crippen LogP contribution in [-0.4, -0.2) is 66.8 Å². The molecule has 2 aliphatic rings. The van der Waals surface area contributed by atoms with Crippen molar-refractivity contribution in [2.24, 2.45) is 0 Å². The van der Waals surface area contributed by atoms with Crippen molar-refractivity contribution in [2.75, 3.05) is 14.1 Å². The van der Waals surface area contributed by atoms with E-state index in [1.54, 1.807) is 44.1 Å². The van der Waals surface area contributed by atoms with Gasteiger partial charge in [-0.25, -0.2) is 0 Å². The minimum absolute atomic E-state index is 0.0197. The van der Waals surface area contributed by atoms with Crippen molar-refractivity contribution in [2.45, 2.75) is 76.2 Å². The van der Waals surface area contributed by atoms with Crippen LogP contribution >= 0.6 is 0 Å². The Kier molecular flexibility index (Phi) is 8.43.